The molecule has 1 N–H and O–H groups in total. The summed E-state index contributed by atoms with van der Waals surface area (Å²) in [6.07, 6.45) is -1.46. The molecule has 0 bridgehead atoms. The molecule has 0 unspecified atom stereocenters. The second-order valence-corrected chi connectivity index (χ2v) is 6.88. The van der Waals surface area contributed by atoms with Crippen LogP contribution in [0.1, 0.15) is 22.3 Å². The third-order valence-corrected chi connectivity index (χ3v) is 5.35. The number of nitrogens with zero attached hydrogens (tertiary/aromatic N) is 3. The van der Waals surface area contributed by atoms with Gasteiger partial charge in [0, 0.05) is 50.0 Å². The van der Waals surface area contributed by atoms with Gasteiger partial charge in [-0.05, 0) is 30.5 Å². The van der Waals surface area contributed by atoms with Gasteiger partial charge in [0.25, 0.3) is 0 Å². The quantitative estimate of drug-likeness (QED) is 0.761. The number of aryl methyl sites for hydroxylation is 2. The van der Waals surface area contributed by atoms with Gasteiger partial charge in [-0.25, -0.2) is 9.69 Å². The van der Waals surface area contributed by atoms with Crippen molar-refractivity contribution >= 4 is 35.0 Å². The Balaban J connectivity index is 0.00000225. The summed E-state index contributed by atoms with van der Waals surface area (Å²) in [7, 11) is 0. The maximum atomic E-state index is 12.9. The van der Waals surface area contributed by atoms with Gasteiger partial charge in [-0.3, -0.25) is 4.79 Å². The molecule has 0 atom stereocenters. The van der Waals surface area contributed by atoms with E-state index in [0.29, 0.717) is 28.8 Å². The normalized spacial score (nSPS) is 17.5. The van der Waals surface area contributed by atoms with Crippen molar-refractivity contribution in [3.05, 3.63) is 39.7 Å². The van der Waals surface area contributed by atoms with Crippen LogP contribution in [0, 0.1) is 0 Å². The first kappa shape index (κ1) is 20.5. The van der Waals surface area contributed by atoms with Crippen LogP contribution >= 0.6 is 12.4 Å². The number of anilines is 1. The van der Waals surface area contributed by atoms with E-state index in [1.807, 2.05) is 4.90 Å². The number of piperazine rings is 1. The molecule has 2 aromatic rings. The average Bonchev–Trinajstić information content (AvgIpc) is 2.63. The number of benzene rings is 1. The van der Waals surface area contributed by atoms with E-state index in [9.17, 15) is 27.9 Å². The minimum absolute atomic E-state index is 0. The highest BCUT2D eigenvalue weighted by Gasteiger charge is 2.39. The largest absolute Gasteiger partial charge is 0.477 e. The summed E-state index contributed by atoms with van der Waals surface area (Å²) < 4.78 is 40.4. The monoisotopic (exact) mass is 417 g/mol. The van der Waals surface area contributed by atoms with Gasteiger partial charge in [-0.15, -0.1) is 12.4 Å². The van der Waals surface area contributed by atoms with E-state index in [1.165, 1.54) is 6.20 Å². The summed E-state index contributed by atoms with van der Waals surface area (Å²) in [6, 6.07) is 3.34. The van der Waals surface area contributed by atoms with E-state index in [0.717, 1.165) is 17.7 Å². The number of aromatic carboxylic acids is 1. The molecule has 0 amide bonds. The summed E-state index contributed by atoms with van der Waals surface area (Å²) in [5.74, 6) is -1.26. The lowest BCUT2D eigenvalue weighted by Gasteiger charge is -2.38. The van der Waals surface area contributed by atoms with Crippen molar-refractivity contribution in [3.8, 4) is 0 Å². The standard InChI is InChI=1S/C18H18F3N3O3.ClH/c19-18(20,21)24-8-6-22(7-9-24)14-4-3-12-15-11(14)2-1-5-23(15)10-13(16(12)25)17(26)27;/h3-4,10H,1-2,5-9H2,(H,26,27);1H. The SMILES string of the molecule is Cl.O=C(O)c1cn2c3c(c(N4CCN(C(F)(F)F)CC4)ccc3c1=O)CCC2. The third-order valence-electron chi connectivity index (χ3n) is 5.35. The Hall–Kier alpha value is -2.26. The Bertz CT molecular complexity index is 982. The number of alkyl halides is 3. The van der Waals surface area contributed by atoms with Gasteiger partial charge < -0.3 is 14.6 Å². The molecule has 0 spiro atoms. The van der Waals surface area contributed by atoms with E-state index >= 15 is 0 Å². The highest BCUT2D eigenvalue weighted by atomic mass is 35.5. The Kier molecular flexibility index (Phi) is 5.33. The second-order valence-electron chi connectivity index (χ2n) is 6.88. The van der Waals surface area contributed by atoms with Crippen molar-refractivity contribution < 1.29 is 23.1 Å². The van der Waals surface area contributed by atoms with Gasteiger partial charge in [-0.2, -0.15) is 13.2 Å². The van der Waals surface area contributed by atoms with Crippen molar-refractivity contribution in [3.63, 3.8) is 0 Å². The maximum absolute atomic E-state index is 12.9. The molecule has 3 heterocycles. The molecule has 1 fully saturated rings. The Morgan fingerprint density at radius 3 is 2.36 bits per heavy atom. The lowest BCUT2D eigenvalue weighted by molar-refractivity contribution is -0.246. The van der Waals surface area contributed by atoms with E-state index in [1.54, 1.807) is 16.7 Å². The topological polar surface area (TPSA) is 65.8 Å². The number of carbonyl (C=O) groups is 1. The zero-order valence-electron chi connectivity index (χ0n) is 14.8. The van der Waals surface area contributed by atoms with Crippen LogP contribution < -0.4 is 10.3 Å². The number of rotatable bonds is 2. The smallest absolute Gasteiger partial charge is 0.460 e. The number of pyridine rings is 1. The molecular weight excluding hydrogens is 399 g/mol. The summed E-state index contributed by atoms with van der Waals surface area (Å²) >= 11 is 0. The van der Waals surface area contributed by atoms with Crippen LogP contribution in [0.4, 0.5) is 18.9 Å². The molecule has 10 heteroatoms. The summed E-state index contributed by atoms with van der Waals surface area (Å²) in [6.45, 7) is 0.887. The molecule has 152 valence electrons. The maximum Gasteiger partial charge on any atom is 0.460 e. The van der Waals surface area contributed by atoms with Crippen molar-refractivity contribution in [2.75, 3.05) is 31.1 Å². The Labute approximate surface area is 164 Å². The minimum atomic E-state index is -4.32. The van der Waals surface area contributed by atoms with Crippen molar-refractivity contribution in [2.24, 2.45) is 0 Å². The zero-order chi connectivity index (χ0) is 19.3. The van der Waals surface area contributed by atoms with Gasteiger partial charge in [-0.1, -0.05) is 0 Å². The Morgan fingerprint density at radius 2 is 1.75 bits per heavy atom. The van der Waals surface area contributed by atoms with Gasteiger partial charge >= 0.3 is 12.3 Å². The lowest BCUT2D eigenvalue weighted by atomic mass is 9.97. The van der Waals surface area contributed by atoms with E-state index in [4.69, 9.17) is 0 Å². The van der Waals surface area contributed by atoms with Gasteiger partial charge in [0.05, 0.1) is 5.52 Å². The molecule has 2 aliphatic heterocycles. The van der Waals surface area contributed by atoms with Crippen LogP contribution in [-0.2, 0) is 13.0 Å². The Morgan fingerprint density at radius 1 is 1.07 bits per heavy atom. The molecule has 0 aliphatic carbocycles. The van der Waals surface area contributed by atoms with Gasteiger partial charge in [0.15, 0.2) is 0 Å². The number of hydrogen-bond donors (Lipinski definition) is 1. The lowest BCUT2D eigenvalue weighted by Crippen LogP contribution is -2.52. The first-order valence-corrected chi connectivity index (χ1v) is 8.76. The molecule has 6 nitrogen and oxygen atoms in total. The first-order chi connectivity index (χ1) is 12.8. The second kappa shape index (κ2) is 7.29. The molecule has 1 aromatic carbocycles. The van der Waals surface area contributed by atoms with Gasteiger partial charge in [0.2, 0.25) is 5.43 Å². The molecule has 28 heavy (non-hydrogen) atoms. The average molecular weight is 418 g/mol. The van der Waals surface area contributed by atoms with E-state index in [-0.39, 0.29) is 44.1 Å². The van der Waals surface area contributed by atoms with Crippen LogP contribution in [0.5, 0.6) is 0 Å². The number of carboxylic acids is 1. The number of carboxylic acid groups (broad SMARTS) is 1. The van der Waals surface area contributed by atoms with Crippen molar-refractivity contribution in [1.82, 2.24) is 9.47 Å². The fraction of sp³-hybridized carbons (Fsp3) is 0.444. The highest BCUT2D eigenvalue weighted by molar-refractivity contribution is 5.95. The number of aromatic nitrogens is 1. The zero-order valence-corrected chi connectivity index (χ0v) is 15.6. The van der Waals surface area contributed by atoms with Crippen LogP contribution in [0.15, 0.2) is 23.1 Å². The fourth-order valence-electron chi connectivity index (χ4n) is 4.06. The predicted octanol–water partition coefficient (Wildman–Crippen LogP) is 2.71. The summed E-state index contributed by atoms with van der Waals surface area (Å²) in [5.41, 5.74) is 1.66. The van der Waals surface area contributed by atoms with E-state index in [2.05, 4.69) is 0 Å². The molecule has 1 aromatic heterocycles. The summed E-state index contributed by atoms with van der Waals surface area (Å²) in [5, 5.41) is 9.61. The highest BCUT2D eigenvalue weighted by Crippen LogP contribution is 2.33. The van der Waals surface area contributed by atoms with Crippen LogP contribution in [-0.4, -0.2) is 53.0 Å². The van der Waals surface area contributed by atoms with E-state index < -0.39 is 17.7 Å². The summed E-state index contributed by atoms with van der Waals surface area (Å²) in [4.78, 5) is 26.3. The number of halogens is 4. The van der Waals surface area contributed by atoms with Crippen LogP contribution in [0.2, 0.25) is 0 Å². The van der Waals surface area contributed by atoms with Gasteiger partial charge in [0.1, 0.15) is 5.56 Å². The molecule has 0 radical (unpaired) electrons. The molecule has 2 aliphatic rings. The fourth-order valence-corrected chi connectivity index (χ4v) is 4.06. The third kappa shape index (κ3) is 3.33. The van der Waals surface area contributed by atoms with Crippen LogP contribution in [0.25, 0.3) is 10.9 Å². The molecule has 0 saturated carbocycles. The number of hydrogen-bond acceptors (Lipinski definition) is 4. The minimum Gasteiger partial charge on any atom is -0.477 e. The van der Waals surface area contributed by atoms with Crippen molar-refractivity contribution in [2.45, 2.75) is 25.7 Å². The predicted molar refractivity (Wildman–Crippen MR) is 101 cm³/mol. The van der Waals surface area contributed by atoms with Crippen molar-refractivity contribution in [1.29, 1.82) is 0 Å². The first-order valence-electron chi connectivity index (χ1n) is 8.76. The molecule has 4 rings (SSSR count). The molecular formula is C18H19ClF3N3O3. The molecule has 1 saturated heterocycles. The van der Waals surface area contributed by atoms with Crippen LogP contribution in [0.3, 0.4) is 0 Å².